The zero-order valence-electron chi connectivity index (χ0n) is 17.1. The van der Waals surface area contributed by atoms with Crippen LogP contribution >= 0.6 is 0 Å². The zero-order valence-corrected chi connectivity index (χ0v) is 17.1. The number of rotatable bonds is 6. The van der Waals surface area contributed by atoms with Crippen LogP contribution in [-0.4, -0.2) is 80.6 Å². The summed E-state index contributed by atoms with van der Waals surface area (Å²) in [7, 11) is 3.36. The van der Waals surface area contributed by atoms with Gasteiger partial charge in [-0.1, -0.05) is 12.1 Å². The maximum Gasteiger partial charge on any atom is 0.240 e. The molecule has 0 atom stereocenters. The summed E-state index contributed by atoms with van der Waals surface area (Å²) >= 11 is 0. The van der Waals surface area contributed by atoms with Crippen molar-refractivity contribution < 1.29 is 14.3 Å². The third kappa shape index (κ3) is 6.43. The molecule has 0 spiro atoms. The Labute approximate surface area is 162 Å². The van der Waals surface area contributed by atoms with Gasteiger partial charge in [-0.15, -0.1) is 0 Å². The molecule has 2 rings (SSSR count). The maximum atomic E-state index is 12.4. The fraction of sp³-hybridized carbons (Fsp3) is 0.600. The number of hydrogen-bond acceptors (Lipinski definition) is 5. The van der Waals surface area contributed by atoms with Gasteiger partial charge in [0.2, 0.25) is 11.8 Å². The van der Waals surface area contributed by atoms with Gasteiger partial charge in [0.1, 0.15) is 5.75 Å². The van der Waals surface area contributed by atoms with Crippen LogP contribution in [0.4, 0.5) is 5.69 Å². The molecule has 1 fully saturated rings. The second-order valence-electron chi connectivity index (χ2n) is 7.98. The number of piperazine rings is 1. The van der Waals surface area contributed by atoms with Crippen molar-refractivity contribution in [2.45, 2.75) is 26.3 Å². The topological polar surface area (TPSA) is 65.1 Å². The summed E-state index contributed by atoms with van der Waals surface area (Å²) in [5.41, 5.74) is 0.789. The van der Waals surface area contributed by atoms with E-state index in [9.17, 15) is 9.59 Å². The van der Waals surface area contributed by atoms with Crippen molar-refractivity contribution in [2.75, 3.05) is 58.3 Å². The van der Waals surface area contributed by atoms with Gasteiger partial charge in [0.25, 0.3) is 0 Å². The van der Waals surface area contributed by atoms with E-state index in [0.29, 0.717) is 6.54 Å². The summed E-state index contributed by atoms with van der Waals surface area (Å²) in [6, 6.07) is 7.98. The average Bonchev–Trinajstić information content (AvgIpc) is 2.60. The standard InChI is InChI=1S/C20H32N4O3/c1-20(2,3)21-18(25)14-22(4)19(26)15-23-10-12-24(13-11-23)16-8-6-7-9-17(16)27-5/h6-9H,10-15H2,1-5H3,(H,21,25). The lowest BCUT2D eigenvalue weighted by molar-refractivity contribution is -0.136. The Bertz CT molecular complexity index is 649. The number of benzene rings is 1. The predicted octanol–water partition coefficient (Wildman–Crippen LogP) is 1.19. The van der Waals surface area contributed by atoms with Crippen LogP contribution in [0.25, 0.3) is 0 Å². The summed E-state index contributed by atoms with van der Waals surface area (Å²) in [5.74, 6) is 0.691. The second kappa shape index (κ2) is 9.08. The number of ether oxygens (including phenoxy) is 1. The molecular formula is C20H32N4O3. The number of likely N-dealkylation sites (N-methyl/N-ethyl adjacent to an activating group) is 1. The lowest BCUT2D eigenvalue weighted by Crippen LogP contribution is -2.51. The number of carbonyl (C=O) groups is 2. The molecule has 0 saturated carbocycles. The summed E-state index contributed by atoms with van der Waals surface area (Å²) in [4.78, 5) is 30.3. The van der Waals surface area contributed by atoms with Crippen molar-refractivity contribution in [1.82, 2.24) is 15.1 Å². The average molecular weight is 377 g/mol. The molecule has 0 aromatic heterocycles. The molecule has 1 N–H and O–H groups in total. The van der Waals surface area contributed by atoms with Gasteiger partial charge in [-0.05, 0) is 32.9 Å². The molecule has 1 aromatic carbocycles. The number of hydrogen-bond donors (Lipinski definition) is 1. The van der Waals surface area contributed by atoms with Crippen LogP contribution in [0.5, 0.6) is 5.75 Å². The van der Waals surface area contributed by atoms with Crippen molar-refractivity contribution in [3.63, 3.8) is 0 Å². The number of amides is 2. The Morgan fingerprint density at radius 2 is 1.78 bits per heavy atom. The molecule has 150 valence electrons. The molecule has 27 heavy (non-hydrogen) atoms. The molecule has 7 heteroatoms. The van der Waals surface area contributed by atoms with Gasteiger partial charge in [-0.3, -0.25) is 14.5 Å². The van der Waals surface area contributed by atoms with Gasteiger partial charge in [0.05, 0.1) is 25.9 Å². The van der Waals surface area contributed by atoms with E-state index in [0.717, 1.165) is 37.6 Å². The van der Waals surface area contributed by atoms with Crippen molar-refractivity contribution in [1.29, 1.82) is 0 Å². The van der Waals surface area contributed by atoms with E-state index < -0.39 is 0 Å². The Balaban J connectivity index is 1.81. The highest BCUT2D eigenvalue weighted by molar-refractivity contribution is 5.85. The Hall–Kier alpha value is -2.28. The third-order valence-electron chi connectivity index (χ3n) is 4.48. The monoisotopic (exact) mass is 376 g/mol. The van der Waals surface area contributed by atoms with Crippen LogP contribution in [0.2, 0.25) is 0 Å². The fourth-order valence-electron chi connectivity index (χ4n) is 3.11. The van der Waals surface area contributed by atoms with Gasteiger partial charge in [0, 0.05) is 38.8 Å². The van der Waals surface area contributed by atoms with E-state index in [1.165, 1.54) is 4.90 Å². The summed E-state index contributed by atoms with van der Waals surface area (Å²) in [5, 5.41) is 2.88. The zero-order chi connectivity index (χ0) is 20.0. The highest BCUT2D eigenvalue weighted by atomic mass is 16.5. The Morgan fingerprint density at radius 3 is 2.37 bits per heavy atom. The molecule has 0 aliphatic carbocycles. The molecule has 1 saturated heterocycles. The summed E-state index contributed by atoms with van der Waals surface area (Å²) < 4.78 is 5.44. The van der Waals surface area contributed by atoms with Crippen molar-refractivity contribution in [3.05, 3.63) is 24.3 Å². The molecule has 1 aliphatic heterocycles. The summed E-state index contributed by atoms with van der Waals surface area (Å²) in [6.07, 6.45) is 0. The van der Waals surface area contributed by atoms with Crippen LogP contribution in [0.15, 0.2) is 24.3 Å². The lowest BCUT2D eigenvalue weighted by atomic mass is 10.1. The largest absolute Gasteiger partial charge is 0.495 e. The van der Waals surface area contributed by atoms with Crippen LogP contribution in [0.3, 0.4) is 0 Å². The Kier molecular flexibility index (Phi) is 7.07. The minimum Gasteiger partial charge on any atom is -0.495 e. The van der Waals surface area contributed by atoms with Crippen LogP contribution in [0.1, 0.15) is 20.8 Å². The SMILES string of the molecule is COc1ccccc1N1CCN(CC(=O)N(C)CC(=O)NC(C)(C)C)CC1. The summed E-state index contributed by atoms with van der Waals surface area (Å²) in [6.45, 7) is 9.45. The molecular weight excluding hydrogens is 344 g/mol. The third-order valence-corrected chi connectivity index (χ3v) is 4.48. The van der Waals surface area contributed by atoms with E-state index in [1.54, 1.807) is 14.2 Å². The molecule has 7 nitrogen and oxygen atoms in total. The van der Waals surface area contributed by atoms with Crippen LogP contribution in [0, 0.1) is 0 Å². The first kappa shape index (κ1) is 21.0. The molecule has 1 heterocycles. The number of para-hydroxylation sites is 2. The van der Waals surface area contributed by atoms with Gasteiger partial charge < -0.3 is 19.9 Å². The first-order chi connectivity index (χ1) is 12.7. The lowest BCUT2D eigenvalue weighted by Gasteiger charge is -2.36. The molecule has 1 aliphatic rings. The molecule has 1 aromatic rings. The fourth-order valence-corrected chi connectivity index (χ4v) is 3.11. The number of nitrogens with zero attached hydrogens (tertiary/aromatic N) is 3. The van der Waals surface area contributed by atoms with Gasteiger partial charge in [-0.2, -0.15) is 0 Å². The van der Waals surface area contributed by atoms with E-state index >= 15 is 0 Å². The smallest absolute Gasteiger partial charge is 0.240 e. The molecule has 2 amide bonds. The minimum atomic E-state index is -0.296. The number of methoxy groups -OCH3 is 1. The van der Waals surface area contributed by atoms with E-state index in [-0.39, 0.29) is 23.9 Å². The highest BCUT2D eigenvalue weighted by Gasteiger charge is 2.23. The molecule has 0 unspecified atom stereocenters. The Morgan fingerprint density at radius 1 is 1.15 bits per heavy atom. The molecule has 0 bridgehead atoms. The van der Waals surface area contributed by atoms with Crippen LogP contribution < -0.4 is 15.0 Å². The number of carbonyl (C=O) groups excluding carboxylic acids is 2. The van der Waals surface area contributed by atoms with E-state index in [4.69, 9.17) is 4.74 Å². The molecule has 0 radical (unpaired) electrons. The quantitative estimate of drug-likeness (QED) is 0.808. The van der Waals surface area contributed by atoms with Gasteiger partial charge in [0.15, 0.2) is 0 Å². The second-order valence-corrected chi connectivity index (χ2v) is 7.98. The van der Waals surface area contributed by atoms with E-state index in [1.807, 2.05) is 39.0 Å². The van der Waals surface area contributed by atoms with Crippen LogP contribution in [-0.2, 0) is 9.59 Å². The van der Waals surface area contributed by atoms with Crippen molar-refractivity contribution in [3.8, 4) is 5.75 Å². The first-order valence-corrected chi connectivity index (χ1v) is 9.35. The predicted molar refractivity (Wildman–Crippen MR) is 107 cm³/mol. The van der Waals surface area contributed by atoms with E-state index in [2.05, 4.69) is 21.2 Å². The number of anilines is 1. The first-order valence-electron chi connectivity index (χ1n) is 9.35. The van der Waals surface area contributed by atoms with Gasteiger partial charge in [-0.25, -0.2) is 0 Å². The van der Waals surface area contributed by atoms with Crippen molar-refractivity contribution in [2.24, 2.45) is 0 Å². The van der Waals surface area contributed by atoms with Crippen molar-refractivity contribution >= 4 is 17.5 Å². The minimum absolute atomic E-state index is 0.0372. The highest BCUT2D eigenvalue weighted by Crippen LogP contribution is 2.28. The van der Waals surface area contributed by atoms with Gasteiger partial charge >= 0.3 is 0 Å². The normalized spacial score (nSPS) is 15.4. The number of nitrogens with one attached hydrogen (secondary N) is 1. The maximum absolute atomic E-state index is 12.4.